The molecule has 36 heavy (non-hydrogen) atoms. The summed E-state index contributed by atoms with van der Waals surface area (Å²) in [5.41, 5.74) is -0.235. The first kappa shape index (κ1) is 23.3. The zero-order chi connectivity index (χ0) is 25.1. The molecular formula is C26H32FN7O2. The van der Waals surface area contributed by atoms with E-state index in [-0.39, 0.29) is 6.54 Å². The molecule has 0 amide bonds. The molecule has 190 valence electrons. The lowest BCUT2D eigenvalue weighted by molar-refractivity contribution is -0.127. The van der Waals surface area contributed by atoms with E-state index in [9.17, 15) is 9.50 Å². The number of nitrogens with one attached hydrogen (secondary N) is 1. The van der Waals surface area contributed by atoms with Crippen molar-refractivity contribution in [3.63, 3.8) is 0 Å². The molecule has 3 saturated heterocycles. The number of ether oxygens (including phenoxy) is 1. The summed E-state index contributed by atoms with van der Waals surface area (Å²) in [6.45, 7) is 9.89. The number of halogens is 1. The normalized spacial score (nSPS) is 25.2. The average molecular weight is 494 g/mol. The molecule has 0 aliphatic carbocycles. The van der Waals surface area contributed by atoms with Gasteiger partial charge in [-0.1, -0.05) is 13.8 Å². The van der Waals surface area contributed by atoms with Gasteiger partial charge in [0.25, 0.3) is 0 Å². The molecule has 0 bridgehead atoms. The molecular weight excluding hydrogens is 461 g/mol. The van der Waals surface area contributed by atoms with E-state index in [0.717, 1.165) is 42.9 Å². The van der Waals surface area contributed by atoms with Crippen molar-refractivity contribution in [2.45, 2.75) is 44.9 Å². The first-order valence-corrected chi connectivity index (χ1v) is 12.6. The van der Waals surface area contributed by atoms with Gasteiger partial charge in [-0.2, -0.15) is 4.98 Å². The van der Waals surface area contributed by atoms with Crippen LogP contribution in [0.3, 0.4) is 0 Å². The van der Waals surface area contributed by atoms with E-state index in [1.807, 2.05) is 12.4 Å². The number of hydrogen-bond donors (Lipinski definition) is 2. The first-order valence-electron chi connectivity index (χ1n) is 12.6. The van der Waals surface area contributed by atoms with Gasteiger partial charge in [-0.15, -0.1) is 0 Å². The maximum absolute atomic E-state index is 14.7. The van der Waals surface area contributed by atoms with Crippen LogP contribution in [0.5, 0.6) is 0 Å². The highest BCUT2D eigenvalue weighted by molar-refractivity contribution is 5.96. The third-order valence-corrected chi connectivity index (χ3v) is 7.62. The summed E-state index contributed by atoms with van der Waals surface area (Å²) in [6.07, 6.45) is 4.87. The van der Waals surface area contributed by atoms with Crippen LogP contribution in [-0.2, 0) is 4.74 Å². The second kappa shape index (κ2) is 8.48. The number of pyridine rings is 2. The molecule has 6 heterocycles. The Morgan fingerprint density at radius 1 is 1.08 bits per heavy atom. The third-order valence-electron chi connectivity index (χ3n) is 7.62. The molecule has 0 unspecified atom stereocenters. The topological polar surface area (TPSA) is 99.5 Å². The summed E-state index contributed by atoms with van der Waals surface area (Å²) >= 11 is 0. The summed E-state index contributed by atoms with van der Waals surface area (Å²) in [5, 5.41) is 15.4. The van der Waals surface area contributed by atoms with Crippen molar-refractivity contribution in [1.82, 2.24) is 19.9 Å². The molecule has 3 aromatic heterocycles. The highest BCUT2D eigenvalue weighted by atomic mass is 19.1. The van der Waals surface area contributed by atoms with Crippen molar-refractivity contribution < 1.29 is 14.2 Å². The first-order chi connectivity index (χ1) is 17.2. The van der Waals surface area contributed by atoms with Gasteiger partial charge in [-0.3, -0.25) is 0 Å². The van der Waals surface area contributed by atoms with Gasteiger partial charge in [0.2, 0.25) is 5.95 Å². The monoisotopic (exact) mass is 493 g/mol. The summed E-state index contributed by atoms with van der Waals surface area (Å²) < 4.78 is 20.1. The van der Waals surface area contributed by atoms with Gasteiger partial charge in [-0.05, 0) is 42.3 Å². The highest BCUT2D eigenvalue weighted by Gasteiger charge is 2.49. The minimum Gasteiger partial charge on any atom is -0.390 e. The van der Waals surface area contributed by atoms with Crippen molar-refractivity contribution >= 4 is 34.2 Å². The number of aliphatic hydroxyl groups excluding tert-OH is 1. The predicted octanol–water partition coefficient (Wildman–Crippen LogP) is 3.42. The number of aromatic nitrogens is 4. The van der Waals surface area contributed by atoms with Crippen LogP contribution < -0.4 is 15.1 Å². The molecule has 2 N–H and O–H groups in total. The zero-order valence-corrected chi connectivity index (χ0v) is 20.9. The maximum Gasteiger partial charge on any atom is 0.227 e. The van der Waals surface area contributed by atoms with E-state index in [1.54, 1.807) is 17.2 Å². The van der Waals surface area contributed by atoms with Gasteiger partial charge in [0.1, 0.15) is 17.5 Å². The van der Waals surface area contributed by atoms with E-state index in [0.29, 0.717) is 41.9 Å². The van der Waals surface area contributed by atoms with Gasteiger partial charge in [0.15, 0.2) is 5.67 Å². The van der Waals surface area contributed by atoms with Crippen LogP contribution in [0.15, 0.2) is 30.7 Å². The molecule has 3 fully saturated rings. The lowest BCUT2D eigenvalue weighted by atomic mass is 9.78. The molecule has 6 rings (SSSR count). The fraction of sp³-hybridized carbons (Fsp3) is 0.538. The fourth-order valence-corrected chi connectivity index (χ4v) is 5.42. The molecule has 9 nitrogen and oxygen atoms in total. The van der Waals surface area contributed by atoms with Crippen molar-refractivity contribution in [2.75, 3.05) is 54.5 Å². The fourth-order valence-electron chi connectivity index (χ4n) is 5.42. The Kier molecular flexibility index (Phi) is 5.49. The number of piperidine rings is 1. The van der Waals surface area contributed by atoms with Crippen LogP contribution in [0.4, 0.5) is 27.8 Å². The summed E-state index contributed by atoms with van der Waals surface area (Å²) in [4.78, 5) is 22.5. The molecule has 0 aromatic carbocycles. The molecule has 0 radical (unpaired) electrons. The minimum absolute atomic E-state index is 0.0449. The van der Waals surface area contributed by atoms with Gasteiger partial charge >= 0.3 is 0 Å². The SMILES string of the molecule is CC(C)c1cnc(N2CC3(COC3)C2)c2cnc(Nc3ccnc(N4CC[C@@H](O)[C@@](C)(F)C4)n3)cc12. The summed E-state index contributed by atoms with van der Waals surface area (Å²) in [6, 6.07) is 3.82. The Labute approximate surface area is 209 Å². The van der Waals surface area contributed by atoms with Gasteiger partial charge in [0.05, 0.1) is 31.3 Å². The van der Waals surface area contributed by atoms with Crippen LogP contribution in [0.1, 0.15) is 38.7 Å². The lowest BCUT2D eigenvalue weighted by Gasteiger charge is -2.55. The Morgan fingerprint density at radius 3 is 2.58 bits per heavy atom. The highest BCUT2D eigenvalue weighted by Crippen LogP contribution is 2.42. The molecule has 2 atom stereocenters. The van der Waals surface area contributed by atoms with Crippen molar-refractivity contribution in [1.29, 1.82) is 0 Å². The maximum atomic E-state index is 14.7. The van der Waals surface area contributed by atoms with Gasteiger partial charge < -0.3 is 25.0 Å². The van der Waals surface area contributed by atoms with E-state index in [2.05, 4.69) is 45.1 Å². The Bertz CT molecular complexity index is 1290. The second-order valence-electron chi connectivity index (χ2n) is 11.0. The lowest BCUT2D eigenvalue weighted by Crippen LogP contribution is -2.66. The van der Waals surface area contributed by atoms with Crippen LogP contribution >= 0.6 is 0 Å². The minimum atomic E-state index is -1.70. The molecule has 0 saturated carbocycles. The molecule has 3 aromatic rings. The Balaban J connectivity index is 1.27. The summed E-state index contributed by atoms with van der Waals surface area (Å²) in [7, 11) is 0. The number of nitrogens with zero attached hydrogens (tertiary/aromatic N) is 6. The van der Waals surface area contributed by atoms with E-state index in [1.165, 1.54) is 12.5 Å². The van der Waals surface area contributed by atoms with Crippen LogP contribution in [0, 0.1) is 5.41 Å². The number of rotatable bonds is 5. The van der Waals surface area contributed by atoms with Crippen LogP contribution in [-0.4, -0.2) is 76.2 Å². The van der Waals surface area contributed by atoms with Crippen LogP contribution in [0.2, 0.25) is 0 Å². The molecule has 3 aliphatic rings. The van der Waals surface area contributed by atoms with E-state index >= 15 is 0 Å². The van der Waals surface area contributed by atoms with Gasteiger partial charge in [0, 0.05) is 43.6 Å². The molecule has 3 aliphatic heterocycles. The average Bonchev–Trinajstić information content (AvgIpc) is 2.79. The van der Waals surface area contributed by atoms with Crippen molar-refractivity contribution in [2.24, 2.45) is 5.41 Å². The standard InChI is InChI=1S/C26H32FN7O2/c1-16(2)18-9-30-23(34-12-26(13-34)14-36-15-26)19-10-29-22(8-17(18)19)31-21-4-6-28-24(32-21)33-7-5-20(35)25(3,27)11-33/h4,6,8-10,16,20,35H,5,7,11-15H2,1-3H3,(H,28,29,31,32)/t20-,25+/m1/s1. The smallest absolute Gasteiger partial charge is 0.227 e. The van der Waals surface area contributed by atoms with Crippen molar-refractivity contribution in [3.8, 4) is 0 Å². The quantitative estimate of drug-likeness (QED) is 0.554. The number of anilines is 4. The second-order valence-corrected chi connectivity index (χ2v) is 11.0. The predicted molar refractivity (Wildman–Crippen MR) is 137 cm³/mol. The summed E-state index contributed by atoms with van der Waals surface area (Å²) in [5.74, 6) is 2.95. The third kappa shape index (κ3) is 4.02. The van der Waals surface area contributed by atoms with E-state index in [4.69, 9.17) is 9.72 Å². The van der Waals surface area contributed by atoms with E-state index < -0.39 is 11.8 Å². The number of hydrogen-bond acceptors (Lipinski definition) is 9. The number of alkyl halides is 1. The largest absolute Gasteiger partial charge is 0.390 e. The molecule has 10 heteroatoms. The number of fused-ring (bicyclic) bond motifs is 1. The van der Waals surface area contributed by atoms with Gasteiger partial charge in [-0.25, -0.2) is 19.3 Å². The number of aliphatic hydroxyl groups is 1. The molecule has 1 spiro atoms. The van der Waals surface area contributed by atoms with Crippen molar-refractivity contribution in [3.05, 3.63) is 36.3 Å². The Morgan fingerprint density at radius 2 is 1.89 bits per heavy atom. The Hall–Kier alpha value is -3.11. The van der Waals surface area contributed by atoms with Crippen LogP contribution in [0.25, 0.3) is 10.8 Å². The zero-order valence-electron chi connectivity index (χ0n) is 20.9.